The smallest absolute Gasteiger partial charge is 0.354 e. The van der Waals surface area contributed by atoms with Crippen molar-refractivity contribution in [3.05, 3.63) is 77.5 Å². The van der Waals surface area contributed by atoms with E-state index >= 15 is 0 Å². The number of fused-ring (bicyclic) bond motifs is 3. The molecule has 0 saturated carbocycles. The van der Waals surface area contributed by atoms with Gasteiger partial charge >= 0.3 is 5.97 Å². The van der Waals surface area contributed by atoms with E-state index in [0.29, 0.717) is 43.9 Å². The highest BCUT2D eigenvalue weighted by Crippen LogP contribution is 2.47. The molecule has 3 aliphatic rings. The summed E-state index contributed by atoms with van der Waals surface area (Å²) in [4.78, 5) is 13.6. The molecular formula is C24H17NO8S2. The maximum absolute atomic E-state index is 13.6. The number of rotatable bonds is 5. The number of hydrogen-bond donors (Lipinski definition) is 1. The lowest BCUT2D eigenvalue weighted by molar-refractivity contribution is -0.133. The first-order valence-electron chi connectivity index (χ1n) is 10.5. The Labute approximate surface area is 204 Å². The molecule has 6 rings (SSSR count). The molecule has 3 aromatic rings. The van der Waals surface area contributed by atoms with Crippen LogP contribution >= 0.6 is 11.8 Å². The second-order valence-corrected chi connectivity index (χ2v) is 10.7. The van der Waals surface area contributed by atoms with Gasteiger partial charge in [0.2, 0.25) is 13.6 Å². The van der Waals surface area contributed by atoms with Crippen LogP contribution in [0.15, 0.2) is 76.2 Å². The fraction of sp³-hybridized carbons (Fsp3) is 0.125. The van der Waals surface area contributed by atoms with E-state index in [4.69, 9.17) is 18.9 Å². The number of hydrogen-bond acceptors (Lipinski definition) is 8. The van der Waals surface area contributed by atoms with Crippen LogP contribution in [0.1, 0.15) is 11.1 Å². The van der Waals surface area contributed by atoms with Crippen LogP contribution in [0.2, 0.25) is 0 Å². The first-order valence-corrected chi connectivity index (χ1v) is 12.7. The van der Waals surface area contributed by atoms with Crippen LogP contribution in [0.25, 0.3) is 4.91 Å². The highest BCUT2D eigenvalue weighted by molar-refractivity contribution is 8.08. The predicted octanol–water partition coefficient (Wildman–Crippen LogP) is 3.89. The Morgan fingerprint density at radius 1 is 0.886 bits per heavy atom. The number of thioether (sulfide) groups is 1. The molecule has 3 heterocycles. The molecule has 3 aliphatic heterocycles. The molecule has 0 fully saturated rings. The van der Waals surface area contributed by atoms with Gasteiger partial charge < -0.3 is 24.1 Å². The third-order valence-corrected chi connectivity index (χ3v) is 8.60. The van der Waals surface area contributed by atoms with E-state index in [9.17, 15) is 18.3 Å². The summed E-state index contributed by atoms with van der Waals surface area (Å²) < 4.78 is 49.7. The standard InChI is InChI=1S/C24H17NO8S2/c26-24(27)22-23(34-15-6-8-18-20(10-15)33-13-31-18)16-3-1-2-4-21(16)35(28,29)25(22)11-14-5-7-17-19(9-14)32-12-30-17/h1-10H,11-13H2,(H,26,27). The molecule has 35 heavy (non-hydrogen) atoms. The number of nitrogens with zero attached hydrogens (tertiary/aromatic N) is 1. The van der Waals surface area contributed by atoms with Crippen LogP contribution in [0, 0.1) is 0 Å². The van der Waals surface area contributed by atoms with E-state index in [-0.39, 0.29) is 30.7 Å². The number of carboxylic acid groups (broad SMARTS) is 1. The van der Waals surface area contributed by atoms with Crippen molar-refractivity contribution in [2.45, 2.75) is 16.3 Å². The highest BCUT2D eigenvalue weighted by Gasteiger charge is 2.40. The maximum atomic E-state index is 13.6. The van der Waals surface area contributed by atoms with Gasteiger partial charge in [-0.15, -0.1) is 0 Å². The van der Waals surface area contributed by atoms with E-state index in [1.807, 2.05) is 0 Å². The molecule has 0 bridgehead atoms. The van der Waals surface area contributed by atoms with Crippen molar-refractivity contribution in [2.24, 2.45) is 0 Å². The van der Waals surface area contributed by atoms with Crippen LogP contribution < -0.4 is 18.9 Å². The molecule has 0 aromatic heterocycles. The van der Waals surface area contributed by atoms with E-state index in [0.717, 1.165) is 16.1 Å². The number of carbonyl (C=O) groups is 1. The Bertz CT molecular complexity index is 1520. The minimum atomic E-state index is -4.16. The summed E-state index contributed by atoms with van der Waals surface area (Å²) in [6, 6.07) is 16.7. The van der Waals surface area contributed by atoms with E-state index < -0.39 is 16.0 Å². The lowest BCUT2D eigenvalue weighted by Gasteiger charge is -2.32. The molecule has 3 aromatic carbocycles. The number of carboxylic acids is 1. The molecule has 0 unspecified atom stereocenters. The van der Waals surface area contributed by atoms with Crippen molar-refractivity contribution in [3.63, 3.8) is 0 Å². The number of aliphatic carboxylic acids is 1. The van der Waals surface area contributed by atoms with Gasteiger partial charge in [0, 0.05) is 10.5 Å². The zero-order valence-electron chi connectivity index (χ0n) is 18.0. The molecule has 9 nitrogen and oxygen atoms in total. The van der Waals surface area contributed by atoms with Gasteiger partial charge in [0.05, 0.1) is 16.3 Å². The molecule has 0 saturated heterocycles. The third-order valence-electron chi connectivity index (χ3n) is 5.69. The minimum Gasteiger partial charge on any atom is -0.477 e. The van der Waals surface area contributed by atoms with Gasteiger partial charge in [0.25, 0.3) is 10.0 Å². The second-order valence-electron chi connectivity index (χ2n) is 7.80. The summed E-state index contributed by atoms with van der Waals surface area (Å²) in [5.41, 5.74) is 0.557. The summed E-state index contributed by atoms with van der Waals surface area (Å²) in [7, 11) is -4.16. The predicted molar refractivity (Wildman–Crippen MR) is 125 cm³/mol. The fourth-order valence-corrected chi connectivity index (χ4v) is 7.00. The van der Waals surface area contributed by atoms with Crippen LogP contribution in [0.5, 0.6) is 23.0 Å². The molecule has 11 heteroatoms. The van der Waals surface area contributed by atoms with Crippen molar-refractivity contribution in [1.29, 1.82) is 0 Å². The molecular weight excluding hydrogens is 494 g/mol. The van der Waals surface area contributed by atoms with Crippen molar-refractivity contribution >= 4 is 32.7 Å². The van der Waals surface area contributed by atoms with Gasteiger partial charge in [0.15, 0.2) is 28.7 Å². The fourth-order valence-electron chi connectivity index (χ4n) is 4.09. The van der Waals surface area contributed by atoms with Gasteiger partial charge in [-0.25, -0.2) is 13.2 Å². The average molecular weight is 512 g/mol. The van der Waals surface area contributed by atoms with Gasteiger partial charge in [-0.3, -0.25) is 4.31 Å². The topological polar surface area (TPSA) is 112 Å². The van der Waals surface area contributed by atoms with Crippen molar-refractivity contribution < 1.29 is 37.3 Å². The zero-order chi connectivity index (χ0) is 24.2. The molecule has 1 N–H and O–H groups in total. The summed E-state index contributed by atoms with van der Waals surface area (Å²) in [6.07, 6.45) is 0. The third kappa shape index (κ3) is 3.63. The maximum Gasteiger partial charge on any atom is 0.354 e. The molecule has 0 amide bonds. The first kappa shape index (κ1) is 21.7. The van der Waals surface area contributed by atoms with Gasteiger partial charge in [-0.1, -0.05) is 36.0 Å². The highest BCUT2D eigenvalue weighted by atomic mass is 32.2. The van der Waals surface area contributed by atoms with Gasteiger partial charge in [0.1, 0.15) is 0 Å². The summed E-state index contributed by atoms with van der Waals surface area (Å²) in [5, 5.41) is 10.2. The average Bonchev–Trinajstić information content (AvgIpc) is 3.51. The van der Waals surface area contributed by atoms with E-state index in [1.165, 1.54) is 6.07 Å². The zero-order valence-corrected chi connectivity index (χ0v) is 19.6. The van der Waals surface area contributed by atoms with Gasteiger partial charge in [-0.2, -0.15) is 0 Å². The van der Waals surface area contributed by atoms with Crippen LogP contribution in [0.3, 0.4) is 0 Å². The SMILES string of the molecule is O=C(O)C1=C(Sc2ccc3c(c2)OCO3)c2ccccc2S(=O)(=O)N1Cc1ccc2c(c1)OCO2. The van der Waals surface area contributed by atoms with Crippen LogP contribution in [-0.4, -0.2) is 37.4 Å². The van der Waals surface area contributed by atoms with Crippen molar-refractivity contribution in [2.75, 3.05) is 13.6 Å². The Kier molecular flexibility index (Phi) is 5.04. The Morgan fingerprint density at radius 3 is 2.29 bits per heavy atom. The van der Waals surface area contributed by atoms with E-state index in [1.54, 1.807) is 54.6 Å². The molecule has 0 aliphatic carbocycles. The Balaban J connectivity index is 1.49. The summed E-state index contributed by atoms with van der Waals surface area (Å²) in [5.74, 6) is 0.813. The van der Waals surface area contributed by atoms with E-state index in [2.05, 4.69) is 0 Å². The molecule has 0 spiro atoms. The van der Waals surface area contributed by atoms with Crippen LogP contribution in [-0.2, 0) is 21.4 Å². The largest absolute Gasteiger partial charge is 0.477 e. The minimum absolute atomic E-state index is 0.0361. The summed E-state index contributed by atoms with van der Waals surface area (Å²) in [6.45, 7) is -0.0121. The van der Waals surface area contributed by atoms with Crippen molar-refractivity contribution in [1.82, 2.24) is 4.31 Å². The molecule has 178 valence electrons. The Hall–Kier alpha value is -3.83. The first-order chi connectivity index (χ1) is 16.9. The number of sulfonamides is 1. The van der Waals surface area contributed by atoms with Gasteiger partial charge in [-0.05, 0) is 42.0 Å². The second kappa shape index (κ2) is 8.14. The molecule has 0 radical (unpaired) electrons. The van der Waals surface area contributed by atoms with Crippen molar-refractivity contribution in [3.8, 4) is 23.0 Å². The normalized spacial score (nSPS) is 16.9. The summed E-state index contributed by atoms with van der Waals surface area (Å²) >= 11 is 1.16. The number of benzene rings is 3. The monoisotopic (exact) mass is 511 g/mol. The number of ether oxygens (including phenoxy) is 4. The quantitative estimate of drug-likeness (QED) is 0.545. The lowest BCUT2D eigenvalue weighted by Crippen LogP contribution is -2.37. The lowest BCUT2D eigenvalue weighted by atomic mass is 10.1. The molecule has 0 atom stereocenters. The Morgan fingerprint density at radius 2 is 1.54 bits per heavy atom. The van der Waals surface area contributed by atoms with Crippen LogP contribution in [0.4, 0.5) is 0 Å².